The number of aromatic nitrogens is 2. The predicted molar refractivity (Wildman–Crippen MR) is 113 cm³/mol. The number of rotatable bonds is 8. The number of amides is 2. The van der Waals surface area contributed by atoms with Crippen molar-refractivity contribution in [3.63, 3.8) is 0 Å². The second-order valence-corrected chi connectivity index (χ2v) is 6.05. The Kier molecular flexibility index (Phi) is 6.94. The van der Waals surface area contributed by atoms with Gasteiger partial charge in [-0.3, -0.25) is 19.6 Å². The van der Waals surface area contributed by atoms with Gasteiger partial charge in [0.15, 0.2) is 0 Å². The molecule has 0 radical (unpaired) electrons. The van der Waals surface area contributed by atoms with Gasteiger partial charge in [-0.05, 0) is 38.1 Å². The van der Waals surface area contributed by atoms with E-state index in [9.17, 15) is 9.59 Å². The van der Waals surface area contributed by atoms with Gasteiger partial charge < -0.3 is 20.1 Å². The molecule has 0 aliphatic carbocycles. The van der Waals surface area contributed by atoms with Crippen molar-refractivity contribution in [3.05, 3.63) is 72.3 Å². The number of pyridine rings is 2. The molecule has 0 fully saturated rings. The van der Waals surface area contributed by atoms with Crippen molar-refractivity contribution in [2.45, 2.75) is 13.8 Å². The van der Waals surface area contributed by atoms with Crippen LogP contribution in [0, 0.1) is 0 Å². The van der Waals surface area contributed by atoms with Crippen LogP contribution in [0.2, 0.25) is 0 Å². The fourth-order valence-electron chi connectivity index (χ4n) is 2.67. The van der Waals surface area contributed by atoms with E-state index in [-0.39, 0.29) is 23.2 Å². The van der Waals surface area contributed by atoms with E-state index in [1.807, 2.05) is 13.8 Å². The zero-order valence-electron chi connectivity index (χ0n) is 16.7. The second kappa shape index (κ2) is 10.0. The summed E-state index contributed by atoms with van der Waals surface area (Å²) in [5, 5.41) is 5.58. The minimum absolute atomic E-state index is 0.269. The first kappa shape index (κ1) is 20.8. The SMILES string of the molecule is CCOc1cc(NC(=O)c2ccccn2)c(OCC)cc1NC(=O)c1ccccn1. The Labute approximate surface area is 174 Å². The van der Waals surface area contributed by atoms with Crippen molar-refractivity contribution >= 4 is 23.2 Å². The van der Waals surface area contributed by atoms with E-state index in [0.29, 0.717) is 36.1 Å². The van der Waals surface area contributed by atoms with Crippen LogP contribution in [-0.2, 0) is 0 Å². The third-order valence-electron chi connectivity index (χ3n) is 3.97. The highest BCUT2D eigenvalue weighted by atomic mass is 16.5. The summed E-state index contributed by atoms with van der Waals surface area (Å²) in [6.07, 6.45) is 3.08. The van der Waals surface area contributed by atoms with Crippen molar-refractivity contribution < 1.29 is 19.1 Å². The zero-order valence-corrected chi connectivity index (χ0v) is 16.7. The van der Waals surface area contributed by atoms with Crippen molar-refractivity contribution in [3.8, 4) is 11.5 Å². The summed E-state index contributed by atoms with van der Waals surface area (Å²) in [5.41, 5.74) is 1.36. The topological polar surface area (TPSA) is 102 Å². The largest absolute Gasteiger partial charge is 0.492 e. The van der Waals surface area contributed by atoms with Crippen molar-refractivity contribution in [1.29, 1.82) is 0 Å². The van der Waals surface area contributed by atoms with Crippen LogP contribution in [0.5, 0.6) is 11.5 Å². The van der Waals surface area contributed by atoms with Crippen LogP contribution < -0.4 is 20.1 Å². The molecule has 2 N–H and O–H groups in total. The van der Waals surface area contributed by atoms with Crippen LogP contribution in [0.25, 0.3) is 0 Å². The Morgan fingerprint density at radius 1 is 0.767 bits per heavy atom. The number of hydrogen-bond acceptors (Lipinski definition) is 6. The standard InChI is InChI=1S/C22H22N4O4/c1-3-29-19-13-18(26-22(28)16-10-6-8-12-24-16)20(30-4-2)14-17(19)25-21(27)15-9-5-7-11-23-15/h5-14H,3-4H2,1-2H3,(H,25,27)(H,26,28). The summed E-state index contributed by atoms with van der Waals surface area (Å²) >= 11 is 0. The molecule has 8 nitrogen and oxygen atoms in total. The number of ether oxygens (including phenoxy) is 2. The zero-order chi connectivity index (χ0) is 21.3. The predicted octanol–water partition coefficient (Wildman–Crippen LogP) is 3.78. The third kappa shape index (κ3) is 5.11. The molecule has 0 spiro atoms. The Hall–Kier alpha value is -3.94. The Bertz CT molecular complexity index is 927. The first-order valence-corrected chi connectivity index (χ1v) is 9.50. The van der Waals surface area contributed by atoms with Gasteiger partial charge in [-0.1, -0.05) is 12.1 Å². The smallest absolute Gasteiger partial charge is 0.274 e. The van der Waals surface area contributed by atoms with Crippen LogP contribution in [0.15, 0.2) is 60.9 Å². The lowest BCUT2D eigenvalue weighted by atomic mass is 10.2. The number of benzene rings is 1. The van der Waals surface area contributed by atoms with E-state index >= 15 is 0 Å². The van der Waals surface area contributed by atoms with Gasteiger partial charge >= 0.3 is 0 Å². The molecule has 154 valence electrons. The van der Waals surface area contributed by atoms with Gasteiger partial charge in [0.25, 0.3) is 11.8 Å². The Morgan fingerprint density at radius 2 is 1.20 bits per heavy atom. The van der Waals surface area contributed by atoms with E-state index < -0.39 is 0 Å². The van der Waals surface area contributed by atoms with Crippen molar-refractivity contribution in [1.82, 2.24) is 9.97 Å². The summed E-state index contributed by atoms with van der Waals surface area (Å²) in [6, 6.07) is 13.4. The molecule has 0 bridgehead atoms. The van der Waals surface area contributed by atoms with Crippen LogP contribution in [0.4, 0.5) is 11.4 Å². The van der Waals surface area contributed by atoms with Gasteiger partial charge in [0.2, 0.25) is 0 Å². The summed E-state index contributed by atoms with van der Waals surface area (Å²) in [7, 11) is 0. The number of nitrogens with zero attached hydrogens (tertiary/aromatic N) is 2. The lowest BCUT2D eigenvalue weighted by Crippen LogP contribution is -2.17. The first-order valence-electron chi connectivity index (χ1n) is 9.50. The van der Waals surface area contributed by atoms with Crippen molar-refractivity contribution in [2.75, 3.05) is 23.8 Å². The average molecular weight is 406 g/mol. The number of carbonyl (C=O) groups excluding carboxylic acids is 2. The maximum absolute atomic E-state index is 12.5. The van der Waals surface area contributed by atoms with E-state index in [4.69, 9.17) is 9.47 Å². The van der Waals surface area contributed by atoms with Gasteiger partial charge in [0, 0.05) is 24.5 Å². The summed E-state index contributed by atoms with van der Waals surface area (Å²) in [4.78, 5) is 33.2. The second-order valence-electron chi connectivity index (χ2n) is 6.05. The fraction of sp³-hybridized carbons (Fsp3) is 0.182. The molecule has 0 aliphatic heterocycles. The monoisotopic (exact) mass is 406 g/mol. The molecule has 0 saturated heterocycles. The third-order valence-corrected chi connectivity index (χ3v) is 3.97. The molecule has 3 rings (SSSR count). The van der Waals surface area contributed by atoms with Gasteiger partial charge in [-0.25, -0.2) is 0 Å². The lowest BCUT2D eigenvalue weighted by molar-refractivity contribution is 0.101. The van der Waals surface area contributed by atoms with E-state index in [1.54, 1.807) is 60.9 Å². The maximum atomic E-state index is 12.5. The molecule has 0 saturated carbocycles. The van der Waals surface area contributed by atoms with Gasteiger partial charge in [0.05, 0.1) is 24.6 Å². The highest BCUT2D eigenvalue weighted by Crippen LogP contribution is 2.37. The van der Waals surface area contributed by atoms with Crippen LogP contribution >= 0.6 is 0 Å². The van der Waals surface area contributed by atoms with Crippen LogP contribution in [0.1, 0.15) is 34.8 Å². The first-order chi connectivity index (χ1) is 14.6. The van der Waals surface area contributed by atoms with Gasteiger partial charge in [-0.2, -0.15) is 0 Å². The molecule has 30 heavy (non-hydrogen) atoms. The molecular weight excluding hydrogens is 384 g/mol. The molecule has 0 aliphatic rings. The van der Waals surface area contributed by atoms with Gasteiger partial charge in [0.1, 0.15) is 22.9 Å². The minimum Gasteiger partial charge on any atom is -0.492 e. The average Bonchev–Trinajstić information content (AvgIpc) is 2.78. The molecule has 0 unspecified atom stereocenters. The van der Waals surface area contributed by atoms with E-state index in [1.165, 1.54) is 0 Å². The van der Waals surface area contributed by atoms with E-state index in [2.05, 4.69) is 20.6 Å². The maximum Gasteiger partial charge on any atom is 0.274 e. The highest BCUT2D eigenvalue weighted by Gasteiger charge is 2.18. The minimum atomic E-state index is -0.385. The molecule has 1 aromatic carbocycles. The number of carbonyl (C=O) groups is 2. The highest BCUT2D eigenvalue weighted by molar-refractivity contribution is 6.06. The summed E-state index contributed by atoms with van der Waals surface area (Å²) < 4.78 is 11.4. The van der Waals surface area contributed by atoms with Crippen LogP contribution in [-0.4, -0.2) is 35.0 Å². The lowest BCUT2D eigenvalue weighted by Gasteiger charge is -2.17. The Balaban J connectivity index is 1.92. The normalized spacial score (nSPS) is 10.2. The molecular formula is C22H22N4O4. The molecule has 0 atom stereocenters. The molecule has 2 heterocycles. The quantitative estimate of drug-likeness (QED) is 0.590. The summed E-state index contributed by atoms with van der Waals surface area (Å²) in [5.74, 6) is 0.0108. The molecule has 3 aromatic rings. The molecule has 2 amide bonds. The molecule has 8 heteroatoms. The summed E-state index contributed by atoms with van der Waals surface area (Å²) in [6.45, 7) is 4.39. The van der Waals surface area contributed by atoms with Crippen LogP contribution in [0.3, 0.4) is 0 Å². The number of nitrogens with one attached hydrogen (secondary N) is 2. The Morgan fingerprint density at radius 3 is 1.53 bits per heavy atom. The fourth-order valence-corrected chi connectivity index (χ4v) is 2.67. The number of anilines is 2. The van der Waals surface area contributed by atoms with Crippen molar-refractivity contribution in [2.24, 2.45) is 0 Å². The number of hydrogen-bond donors (Lipinski definition) is 2. The molecule has 2 aromatic heterocycles. The van der Waals surface area contributed by atoms with Gasteiger partial charge in [-0.15, -0.1) is 0 Å². The van der Waals surface area contributed by atoms with E-state index in [0.717, 1.165) is 0 Å².